The van der Waals surface area contributed by atoms with Gasteiger partial charge in [-0.25, -0.2) is 10.3 Å². The van der Waals surface area contributed by atoms with E-state index in [0.29, 0.717) is 26.4 Å². The number of hydroxylamine groups is 1. The molecule has 218 valence electrons. The van der Waals surface area contributed by atoms with Crippen LogP contribution >= 0.6 is 0 Å². The van der Waals surface area contributed by atoms with Gasteiger partial charge in [-0.05, 0) is 29.2 Å². The first-order valence-corrected chi connectivity index (χ1v) is 14.4. The molecule has 1 N–H and O–H groups in total. The van der Waals surface area contributed by atoms with Gasteiger partial charge in [0.25, 0.3) is 0 Å². The second-order valence-electron chi connectivity index (χ2n) is 10.4. The number of hydrogen-bond acceptors (Lipinski definition) is 6. The summed E-state index contributed by atoms with van der Waals surface area (Å²) < 4.78 is 18.9. The zero-order valence-electron chi connectivity index (χ0n) is 23.9. The standard InChI is InChI=1S/C35H38N2O5/c1-27-33(39-23-28-14-6-2-7-15-28)34(40-24-29-16-8-3-9-17-29)32(22-36-42-26-31-20-12-5-13-21-31)37(27)35(38)41-25-30-18-10-4-11-19-30/h2-21,27,32-34,36H,22-26H2,1H3/t27-,32+,33+,34+/m0/s1. The lowest BCUT2D eigenvalue weighted by Gasteiger charge is -2.29. The van der Waals surface area contributed by atoms with E-state index in [1.807, 2.05) is 128 Å². The summed E-state index contributed by atoms with van der Waals surface area (Å²) in [6.07, 6.45) is -1.24. The first-order chi connectivity index (χ1) is 20.7. The molecule has 1 aliphatic heterocycles. The zero-order chi connectivity index (χ0) is 29.0. The van der Waals surface area contributed by atoms with Crippen LogP contribution in [0.15, 0.2) is 121 Å². The molecule has 0 spiro atoms. The zero-order valence-corrected chi connectivity index (χ0v) is 23.9. The Kier molecular flexibility index (Phi) is 10.7. The summed E-state index contributed by atoms with van der Waals surface area (Å²) in [5.74, 6) is 0. The summed E-state index contributed by atoms with van der Waals surface area (Å²) in [5.41, 5.74) is 7.16. The van der Waals surface area contributed by atoms with E-state index in [1.165, 1.54) is 0 Å². The fourth-order valence-electron chi connectivity index (χ4n) is 5.25. The second-order valence-corrected chi connectivity index (χ2v) is 10.4. The van der Waals surface area contributed by atoms with Crippen molar-refractivity contribution in [2.75, 3.05) is 6.54 Å². The highest BCUT2D eigenvalue weighted by Gasteiger charge is 2.51. The molecule has 4 aromatic rings. The molecule has 1 saturated heterocycles. The molecule has 4 atom stereocenters. The van der Waals surface area contributed by atoms with Crippen molar-refractivity contribution < 1.29 is 23.8 Å². The molecule has 1 aliphatic rings. The number of carbonyl (C=O) groups excluding carboxylic acids is 1. The van der Waals surface area contributed by atoms with Gasteiger partial charge in [0.2, 0.25) is 0 Å². The lowest BCUT2D eigenvalue weighted by Crippen LogP contribution is -2.48. The Bertz CT molecular complexity index is 1340. The van der Waals surface area contributed by atoms with Crippen molar-refractivity contribution in [2.24, 2.45) is 0 Å². The Morgan fingerprint density at radius 2 is 1.05 bits per heavy atom. The molecular formula is C35H38N2O5. The second kappa shape index (κ2) is 15.3. The summed E-state index contributed by atoms with van der Waals surface area (Å²) in [5, 5.41) is 0. The number of nitrogens with one attached hydrogen (secondary N) is 1. The number of carbonyl (C=O) groups is 1. The summed E-state index contributed by atoms with van der Waals surface area (Å²) >= 11 is 0. The Morgan fingerprint density at radius 3 is 1.55 bits per heavy atom. The molecule has 7 heteroatoms. The van der Waals surface area contributed by atoms with Crippen LogP contribution in [0, 0.1) is 0 Å². The van der Waals surface area contributed by atoms with E-state index in [1.54, 1.807) is 4.90 Å². The van der Waals surface area contributed by atoms with Gasteiger partial charge in [-0.1, -0.05) is 121 Å². The topological polar surface area (TPSA) is 69.3 Å². The lowest BCUT2D eigenvalue weighted by atomic mass is 10.1. The maximum absolute atomic E-state index is 13.7. The maximum atomic E-state index is 13.7. The number of hydrogen-bond donors (Lipinski definition) is 1. The van der Waals surface area contributed by atoms with E-state index in [0.717, 1.165) is 22.3 Å². The number of likely N-dealkylation sites (tertiary alicyclic amines) is 1. The van der Waals surface area contributed by atoms with E-state index in [-0.39, 0.29) is 18.8 Å². The van der Waals surface area contributed by atoms with Crippen molar-refractivity contribution >= 4 is 6.09 Å². The van der Waals surface area contributed by atoms with Crippen LogP contribution in [-0.2, 0) is 45.5 Å². The van der Waals surface area contributed by atoms with Crippen molar-refractivity contribution in [3.05, 3.63) is 144 Å². The Labute approximate surface area is 247 Å². The van der Waals surface area contributed by atoms with Crippen molar-refractivity contribution in [2.45, 2.75) is 57.6 Å². The average Bonchev–Trinajstić information content (AvgIpc) is 3.31. The number of amides is 1. The monoisotopic (exact) mass is 566 g/mol. The SMILES string of the molecule is C[C@H]1[C@@H](OCc2ccccc2)[C@H](OCc2ccccc2)[C@@H](CNOCc2ccccc2)N1C(=O)OCc1ccccc1. The molecule has 0 unspecified atom stereocenters. The van der Waals surface area contributed by atoms with Gasteiger partial charge in [0, 0.05) is 6.54 Å². The van der Waals surface area contributed by atoms with E-state index in [4.69, 9.17) is 19.0 Å². The van der Waals surface area contributed by atoms with Crippen LogP contribution in [0.1, 0.15) is 29.2 Å². The Morgan fingerprint density at radius 1 is 0.619 bits per heavy atom. The summed E-state index contributed by atoms with van der Waals surface area (Å²) in [7, 11) is 0. The van der Waals surface area contributed by atoms with E-state index in [2.05, 4.69) is 5.48 Å². The minimum atomic E-state index is -0.430. The summed E-state index contributed by atoms with van der Waals surface area (Å²) in [4.78, 5) is 21.2. The fraction of sp³-hybridized carbons (Fsp3) is 0.286. The third-order valence-corrected chi connectivity index (χ3v) is 7.44. The normalized spacial score (nSPS) is 20.0. The number of nitrogens with zero attached hydrogens (tertiary/aromatic N) is 1. The van der Waals surface area contributed by atoms with Crippen molar-refractivity contribution in [3.8, 4) is 0 Å². The number of ether oxygens (including phenoxy) is 3. The molecule has 0 saturated carbocycles. The number of rotatable bonds is 13. The predicted molar refractivity (Wildman–Crippen MR) is 161 cm³/mol. The van der Waals surface area contributed by atoms with Gasteiger partial charge in [-0.15, -0.1) is 0 Å². The van der Waals surface area contributed by atoms with Crippen molar-refractivity contribution in [1.82, 2.24) is 10.4 Å². The maximum Gasteiger partial charge on any atom is 0.410 e. The van der Waals surface area contributed by atoms with Gasteiger partial charge in [-0.2, -0.15) is 0 Å². The van der Waals surface area contributed by atoms with Crippen LogP contribution in [-0.4, -0.2) is 41.8 Å². The van der Waals surface area contributed by atoms with Crippen LogP contribution in [0.3, 0.4) is 0 Å². The molecule has 1 heterocycles. The van der Waals surface area contributed by atoms with Gasteiger partial charge in [0.05, 0.1) is 31.9 Å². The van der Waals surface area contributed by atoms with Crippen LogP contribution in [0.2, 0.25) is 0 Å². The smallest absolute Gasteiger partial charge is 0.410 e. The molecule has 0 radical (unpaired) electrons. The van der Waals surface area contributed by atoms with E-state index >= 15 is 0 Å². The molecule has 1 fully saturated rings. The van der Waals surface area contributed by atoms with Crippen molar-refractivity contribution in [3.63, 3.8) is 0 Å². The average molecular weight is 567 g/mol. The quantitative estimate of drug-likeness (QED) is 0.152. The van der Waals surface area contributed by atoms with Crippen LogP contribution in [0.5, 0.6) is 0 Å². The largest absolute Gasteiger partial charge is 0.445 e. The van der Waals surface area contributed by atoms with Crippen LogP contribution < -0.4 is 5.48 Å². The van der Waals surface area contributed by atoms with Gasteiger partial charge in [0.15, 0.2) is 0 Å². The van der Waals surface area contributed by atoms with E-state index < -0.39 is 18.2 Å². The molecule has 7 nitrogen and oxygen atoms in total. The van der Waals surface area contributed by atoms with Gasteiger partial charge < -0.3 is 14.2 Å². The highest BCUT2D eigenvalue weighted by atomic mass is 16.6. The Hall–Kier alpha value is -4.01. The van der Waals surface area contributed by atoms with Crippen LogP contribution in [0.25, 0.3) is 0 Å². The Balaban J connectivity index is 1.34. The molecule has 0 aliphatic carbocycles. The molecule has 5 rings (SSSR count). The highest BCUT2D eigenvalue weighted by molar-refractivity contribution is 5.69. The first-order valence-electron chi connectivity index (χ1n) is 14.4. The highest BCUT2D eigenvalue weighted by Crippen LogP contribution is 2.32. The summed E-state index contributed by atoms with van der Waals surface area (Å²) in [6.45, 7) is 3.69. The lowest BCUT2D eigenvalue weighted by molar-refractivity contribution is -0.0818. The molecular weight excluding hydrogens is 528 g/mol. The molecule has 0 aromatic heterocycles. The molecule has 42 heavy (non-hydrogen) atoms. The summed E-state index contributed by atoms with van der Waals surface area (Å²) in [6, 6.07) is 38.9. The molecule has 4 aromatic carbocycles. The molecule has 1 amide bonds. The predicted octanol–water partition coefficient (Wildman–Crippen LogP) is 6.29. The van der Waals surface area contributed by atoms with Gasteiger partial charge >= 0.3 is 6.09 Å². The van der Waals surface area contributed by atoms with Gasteiger partial charge in [-0.3, -0.25) is 9.74 Å². The number of benzene rings is 4. The van der Waals surface area contributed by atoms with Gasteiger partial charge in [0.1, 0.15) is 18.8 Å². The minimum Gasteiger partial charge on any atom is -0.445 e. The fourth-order valence-corrected chi connectivity index (χ4v) is 5.25. The third-order valence-electron chi connectivity index (χ3n) is 7.44. The van der Waals surface area contributed by atoms with Crippen LogP contribution in [0.4, 0.5) is 4.79 Å². The minimum absolute atomic E-state index is 0.179. The third kappa shape index (κ3) is 8.05. The van der Waals surface area contributed by atoms with E-state index in [9.17, 15) is 4.79 Å². The molecule has 0 bridgehead atoms. The van der Waals surface area contributed by atoms with Crippen molar-refractivity contribution in [1.29, 1.82) is 0 Å². The first kappa shape index (κ1) is 29.5.